The lowest BCUT2D eigenvalue weighted by Gasteiger charge is -2.32. The lowest BCUT2D eigenvalue weighted by molar-refractivity contribution is 0.0662. The third kappa shape index (κ3) is 4.48. The Balaban J connectivity index is 1.68. The summed E-state index contributed by atoms with van der Waals surface area (Å²) in [7, 11) is 2.01. The Bertz CT molecular complexity index is 1320. The van der Waals surface area contributed by atoms with Crippen LogP contribution >= 0.6 is 0 Å². The van der Waals surface area contributed by atoms with E-state index in [0.717, 1.165) is 13.1 Å². The molecule has 0 aliphatic carbocycles. The van der Waals surface area contributed by atoms with Gasteiger partial charge in [0, 0.05) is 43.5 Å². The molecule has 4 rings (SSSR count). The highest BCUT2D eigenvalue weighted by atomic mass is 16.2. The first-order valence-electron chi connectivity index (χ1n) is 10.3. The maximum absolute atomic E-state index is 13.1. The summed E-state index contributed by atoms with van der Waals surface area (Å²) >= 11 is 0. The molecule has 0 unspecified atom stereocenters. The van der Waals surface area contributed by atoms with Crippen molar-refractivity contribution in [2.45, 2.75) is 6.54 Å². The van der Waals surface area contributed by atoms with Gasteiger partial charge in [0.25, 0.3) is 11.5 Å². The number of H-pyrrole nitrogens is 1. The zero-order chi connectivity index (χ0) is 23.4. The molecule has 0 atom stereocenters. The molecule has 33 heavy (non-hydrogen) atoms. The molecule has 1 saturated heterocycles. The Labute approximate surface area is 189 Å². The predicted octanol–water partition coefficient (Wildman–Crippen LogP) is 2.30. The van der Waals surface area contributed by atoms with E-state index in [1.807, 2.05) is 13.1 Å². The monoisotopic (exact) mass is 443 g/mol. The second-order valence-corrected chi connectivity index (χ2v) is 7.70. The second kappa shape index (κ2) is 9.40. The Morgan fingerprint density at radius 3 is 2.67 bits per heavy atom. The number of nitrogens with one attached hydrogen (secondary N) is 1. The van der Waals surface area contributed by atoms with Crippen LogP contribution in [0.4, 0.5) is 0 Å². The molecule has 2 aromatic heterocycles. The fraction of sp³-hybridized carbons (Fsp3) is 0.273. The molecule has 1 aliphatic heterocycles. The lowest BCUT2D eigenvalue weighted by atomic mass is 10.1. The van der Waals surface area contributed by atoms with Crippen LogP contribution in [0.5, 0.6) is 0 Å². The molecule has 1 N–H and O–H groups in total. The molecular weight excluding hydrogens is 422 g/mol. The highest BCUT2D eigenvalue weighted by Gasteiger charge is 2.23. The van der Waals surface area contributed by atoms with E-state index in [4.69, 9.17) is 10.8 Å². The van der Waals surface area contributed by atoms with E-state index in [0.29, 0.717) is 40.9 Å². The largest absolute Gasteiger partial charge is 0.336 e. The number of hydrogen-bond acceptors (Lipinski definition) is 6. The molecule has 1 fully saturated rings. The van der Waals surface area contributed by atoms with Gasteiger partial charge in [0.15, 0.2) is 5.82 Å². The molecule has 0 radical (unpaired) electrons. The van der Waals surface area contributed by atoms with Gasteiger partial charge in [-0.15, -0.1) is 0 Å². The minimum Gasteiger partial charge on any atom is -0.336 e. The summed E-state index contributed by atoms with van der Waals surface area (Å²) in [4.78, 5) is 37.1. The van der Waals surface area contributed by atoms with Crippen molar-refractivity contribution >= 4 is 5.91 Å². The first-order chi connectivity index (χ1) is 16.0. The van der Waals surface area contributed by atoms with Crippen LogP contribution in [0.2, 0.25) is 0 Å². The highest BCUT2D eigenvalue weighted by Crippen LogP contribution is 2.19. The maximum Gasteiger partial charge on any atom is 0.280 e. The number of nitrogens with zero attached hydrogens (tertiary/aromatic N) is 8. The average Bonchev–Trinajstić information content (AvgIpc) is 3.23. The number of hydrogen-bond donors (Lipinski definition) is 1. The maximum atomic E-state index is 13.1. The SMILES string of the molecule is CN1CCN(C(=O)c2cnc(-n3[nH]cc(-c4ccc(C#N)cc4)c3=O)cc2CN=[N+]=[N-])CC1. The number of likely N-dealkylation sites (N-methyl/N-ethyl adjacent to an activating group) is 1. The van der Waals surface area contributed by atoms with Crippen LogP contribution in [0.25, 0.3) is 27.4 Å². The van der Waals surface area contributed by atoms with E-state index in [1.54, 1.807) is 41.4 Å². The third-order valence-corrected chi connectivity index (χ3v) is 5.63. The first-order valence-corrected chi connectivity index (χ1v) is 10.3. The summed E-state index contributed by atoms with van der Waals surface area (Å²) in [5, 5.41) is 15.5. The summed E-state index contributed by atoms with van der Waals surface area (Å²) in [6.45, 7) is 2.71. The summed E-state index contributed by atoms with van der Waals surface area (Å²) < 4.78 is 1.26. The van der Waals surface area contributed by atoms with Crippen LogP contribution in [-0.2, 0) is 6.54 Å². The number of nitriles is 1. The smallest absolute Gasteiger partial charge is 0.280 e. The number of aromatic nitrogens is 3. The van der Waals surface area contributed by atoms with Crippen LogP contribution < -0.4 is 5.56 Å². The number of aromatic amines is 1. The standard InChI is InChI=1S/C22H21N9O2/c1-29-6-8-30(9-7-29)21(32)18-13-25-20(10-17(18)12-26-28-24)31-22(33)19(14-27-31)16-4-2-15(11-23)3-5-16/h2-5,10,13-14,27H,6-9,12H2,1H3. The lowest BCUT2D eigenvalue weighted by Crippen LogP contribution is -2.47. The van der Waals surface area contributed by atoms with E-state index in [9.17, 15) is 9.59 Å². The van der Waals surface area contributed by atoms with Crippen molar-refractivity contribution in [3.05, 3.63) is 80.2 Å². The van der Waals surface area contributed by atoms with Gasteiger partial charge in [-0.2, -0.15) is 5.26 Å². The fourth-order valence-electron chi connectivity index (χ4n) is 3.69. The Morgan fingerprint density at radius 2 is 2.00 bits per heavy atom. The number of azide groups is 1. The second-order valence-electron chi connectivity index (χ2n) is 7.70. The van der Waals surface area contributed by atoms with Crippen LogP contribution in [-0.4, -0.2) is 63.7 Å². The van der Waals surface area contributed by atoms with E-state index in [1.165, 1.54) is 10.9 Å². The minimum absolute atomic E-state index is 0.0429. The van der Waals surface area contributed by atoms with Crippen LogP contribution in [0, 0.1) is 11.3 Å². The Kier molecular flexibility index (Phi) is 6.22. The van der Waals surface area contributed by atoms with Gasteiger partial charge in [0.1, 0.15) is 0 Å². The van der Waals surface area contributed by atoms with Crippen molar-refractivity contribution in [1.82, 2.24) is 24.6 Å². The van der Waals surface area contributed by atoms with Gasteiger partial charge < -0.3 is 9.80 Å². The summed E-state index contributed by atoms with van der Waals surface area (Å²) in [5.74, 6) is 0.0976. The molecule has 0 spiro atoms. The molecule has 3 aromatic rings. The number of amides is 1. The van der Waals surface area contributed by atoms with Crippen molar-refractivity contribution < 1.29 is 4.79 Å². The first kappa shape index (κ1) is 21.8. The third-order valence-electron chi connectivity index (χ3n) is 5.63. The fourth-order valence-corrected chi connectivity index (χ4v) is 3.69. The van der Waals surface area contributed by atoms with Crippen molar-refractivity contribution in [2.24, 2.45) is 5.11 Å². The van der Waals surface area contributed by atoms with Crippen LogP contribution in [0.15, 0.2) is 52.6 Å². The molecule has 11 nitrogen and oxygen atoms in total. The molecule has 166 valence electrons. The van der Waals surface area contributed by atoms with Crippen molar-refractivity contribution in [2.75, 3.05) is 33.2 Å². The molecule has 0 saturated carbocycles. The predicted molar refractivity (Wildman–Crippen MR) is 121 cm³/mol. The average molecular weight is 443 g/mol. The van der Waals surface area contributed by atoms with Gasteiger partial charge in [-0.25, -0.2) is 9.67 Å². The van der Waals surface area contributed by atoms with Gasteiger partial charge >= 0.3 is 0 Å². The Hall–Kier alpha value is -4.39. The molecule has 0 bridgehead atoms. The number of rotatable bonds is 5. The van der Waals surface area contributed by atoms with Gasteiger partial charge in [-0.05, 0) is 41.9 Å². The number of carbonyl (C=O) groups is 1. The number of carbonyl (C=O) groups excluding carboxylic acids is 1. The summed E-state index contributed by atoms with van der Waals surface area (Å²) in [6.07, 6.45) is 2.98. The highest BCUT2D eigenvalue weighted by molar-refractivity contribution is 5.95. The van der Waals surface area contributed by atoms with Crippen molar-refractivity contribution in [3.8, 4) is 23.0 Å². The van der Waals surface area contributed by atoms with Crippen LogP contribution in [0.1, 0.15) is 21.5 Å². The van der Waals surface area contributed by atoms with Gasteiger partial charge in [-0.3, -0.25) is 14.7 Å². The van der Waals surface area contributed by atoms with Crippen molar-refractivity contribution in [3.63, 3.8) is 0 Å². The normalized spacial score (nSPS) is 13.9. The summed E-state index contributed by atoms with van der Waals surface area (Å²) in [6, 6.07) is 10.3. The quantitative estimate of drug-likeness (QED) is 0.365. The molecule has 1 aromatic carbocycles. The number of benzene rings is 1. The molecule has 3 heterocycles. The van der Waals surface area contributed by atoms with Gasteiger partial charge in [-0.1, -0.05) is 17.2 Å². The van der Waals surface area contributed by atoms with E-state index in [2.05, 4.69) is 25.0 Å². The molecule has 1 aliphatic rings. The van der Waals surface area contributed by atoms with Crippen LogP contribution in [0.3, 0.4) is 0 Å². The topological polar surface area (TPSA) is 147 Å². The Morgan fingerprint density at radius 1 is 1.27 bits per heavy atom. The van der Waals surface area contributed by atoms with Gasteiger partial charge in [0.2, 0.25) is 0 Å². The number of pyridine rings is 1. The molecule has 11 heteroatoms. The number of piperazine rings is 1. The zero-order valence-corrected chi connectivity index (χ0v) is 18.0. The summed E-state index contributed by atoms with van der Waals surface area (Å²) in [5.41, 5.74) is 10.9. The van der Waals surface area contributed by atoms with Crippen molar-refractivity contribution in [1.29, 1.82) is 5.26 Å². The zero-order valence-electron chi connectivity index (χ0n) is 18.0. The van der Waals surface area contributed by atoms with E-state index >= 15 is 0 Å². The van der Waals surface area contributed by atoms with E-state index in [-0.39, 0.29) is 23.8 Å². The van der Waals surface area contributed by atoms with Gasteiger partial charge in [0.05, 0.1) is 29.3 Å². The molecular formula is C22H21N9O2. The van der Waals surface area contributed by atoms with E-state index < -0.39 is 0 Å². The minimum atomic E-state index is -0.333. The molecule has 1 amide bonds.